The second kappa shape index (κ2) is 10.4. The molecule has 0 aliphatic heterocycles. The number of carbonyl (C=O) groups is 2. The van der Waals surface area contributed by atoms with Crippen LogP contribution in [-0.4, -0.2) is 32.3 Å². The minimum Gasteiger partial charge on any atom is -0.365 e. The van der Waals surface area contributed by atoms with E-state index in [0.717, 1.165) is 54.6 Å². The molecule has 0 aromatic carbocycles. The SMILES string of the molecule is CC1CCc2c(sc(NC(=O)CSc3nnc(CCC4CCCCC4)n3C)c2C(N)=O)C1. The average Bonchev–Trinajstić information content (AvgIpc) is 3.30. The molecule has 2 aliphatic carbocycles. The van der Waals surface area contributed by atoms with E-state index in [0.29, 0.717) is 16.5 Å². The predicted molar refractivity (Wildman–Crippen MR) is 129 cm³/mol. The van der Waals surface area contributed by atoms with Crippen molar-refractivity contribution >= 4 is 39.9 Å². The highest BCUT2D eigenvalue weighted by molar-refractivity contribution is 7.99. The van der Waals surface area contributed by atoms with Crippen molar-refractivity contribution in [1.82, 2.24) is 14.8 Å². The van der Waals surface area contributed by atoms with Gasteiger partial charge in [0.15, 0.2) is 5.16 Å². The Morgan fingerprint density at radius 1 is 1.22 bits per heavy atom. The van der Waals surface area contributed by atoms with Gasteiger partial charge >= 0.3 is 0 Å². The highest BCUT2D eigenvalue weighted by atomic mass is 32.2. The van der Waals surface area contributed by atoms with Gasteiger partial charge < -0.3 is 15.6 Å². The minimum absolute atomic E-state index is 0.157. The number of thiophene rings is 1. The predicted octanol–water partition coefficient (Wildman–Crippen LogP) is 4.34. The molecule has 7 nitrogen and oxygen atoms in total. The normalized spacial score (nSPS) is 19.0. The zero-order valence-electron chi connectivity index (χ0n) is 19.0. The number of hydrogen-bond donors (Lipinski definition) is 2. The van der Waals surface area contributed by atoms with Gasteiger partial charge in [-0.2, -0.15) is 0 Å². The molecule has 0 spiro atoms. The average molecular weight is 476 g/mol. The number of rotatable bonds is 8. The lowest BCUT2D eigenvalue weighted by molar-refractivity contribution is -0.113. The molecule has 3 N–H and O–H groups in total. The highest BCUT2D eigenvalue weighted by Crippen LogP contribution is 2.39. The lowest BCUT2D eigenvalue weighted by Crippen LogP contribution is -2.20. The van der Waals surface area contributed by atoms with Crippen LogP contribution in [0.15, 0.2) is 5.16 Å². The van der Waals surface area contributed by atoms with Gasteiger partial charge in [-0.3, -0.25) is 9.59 Å². The molecule has 9 heteroatoms. The van der Waals surface area contributed by atoms with Gasteiger partial charge in [-0.15, -0.1) is 21.5 Å². The Kier molecular flexibility index (Phi) is 7.55. The molecule has 1 fully saturated rings. The summed E-state index contributed by atoms with van der Waals surface area (Å²) in [5.74, 6) is 1.97. The molecule has 2 amide bonds. The molecule has 0 bridgehead atoms. The minimum atomic E-state index is -0.462. The molecule has 32 heavy (non-hydrogen) atoms. The number of aromatic nitrogens is 3. The summed E-state index contributed by atoms with van der Waals surface area (Å²) in [7, 11) is 1.97. The van der Waals surface area contributed by atoms with Crippen molar-refractivity contribution in [3.05, 3.63) is 21.8 Å². The Bertz CT molecular complexity index is 977. The van der Waals surface area contributed by atoms with Crippen molar-refractivity contribution in [2.24, 2.45) is 24.6 Å². The molecule has 4 rings (SSSR count). The second-order valence-corrected chi connectivity index (χ2v) is 11.3. The molecule has 2 aliphatic rings. The fourth-order valence-corrected chi connectivity index (χ4v) is 7.05. The third kappa shape index (κ3) is 5.36. The van der Waals surface area contributed by atoms with E-state index in [-0.39, 0.29) is 11.7 Å². The maximum atomic E-state index is 12.7. The summed E-state index contributed by atoms with van der Waals surface area (Å²) in [5, 5.41) is 12.9. The molecular weight excluding hydrogens is 442 g/mol. The van der Waals surface area contributed by atoms with Gasteiger partial charge in [-0.05, 0) is 43.1 Å². The van der Waals surface area contributed by atoms with Gasteiger partial charge in [0.2, 0.25) is 5.91 Å². The van der Waals surface area contributed by atoms with E-state index < -0.39 is 5.91 Å². The smallest absolute Gasteiger partial charge is 0.251 e. The van der Waals surface area contributed by atoms with Crippen LogP contribution < -0.4 is 11.1 Å². The van der Waals surface area contributed by atoms with Crippen LogP contribution >= 0.6 is 23.1 Å². The second-order valence-electron chi connectivity index (χ2n) is 9.26. The summed E-state index contributed by atoms with van der Waals surface area (Å²) in [4.78, 5) is 25.9. The lowest BCUT2D eigenvalue weighted by Gasteiger charge is -2.20. The van der Waals surface area contributed by atoms with Crippen molar-refractivity contribution < 1.29 is 9.59 Å². The number of primary amides is 1. The van der Waals surface area contributed by atoms with Gasteiger partial charge in [0, 0.05) is 18.3 Å². The third-order valence-electron chi connectivity index (χ3n) is 6.77. The van der Waals surface area contributed by atoms with Crippen molar-refractivity contribution in [3.63, 3.8) is 0 Å². The summed E-state index contributed by atoms with van der Waals surface area (Å²) < 4.78 is 2.00. The zero-order valence-corrected chi connectivity index (χ0v) is 20.6. The number of carbonyl (C=O) groups excluding carboxylic acids is 2. The van der Waals surface area contributed by atoms with E-state index in [1.807, 2.05) is 11.6 Å². The quantitative estimate of drug-likeness (QED) is 0.553. The number of fused-ring (bicyclic) bond motifs is 1. The maximum absolute atomic E-state index is 12.7. The molecule has 2 heterocycles. The summed E-state index contributed by atoms with van der Waals surface area (Å²) in [6.45, 7) is 2.21. The molecule has 0 radical (unpaired) electrons. The molecule has 1 atom stereocenters. The Balaban J connectivity index is 1.34. The van der Waals surface area contributed by atoms with Gasteiger partial charge in [0.1, 0.15) is 10.8 Å². The third-order valence-corrected chi connectivity index (χ3v) is 8.96. The van der Waals surface area contributed by atoms with Crippen LogP contribution in [0.4, 0.5) is 5.00 Å². The van der Waals surface area contributed by atoms with Crippen LogP contribution in [-0.2, 0) is 31.1 Å². The summed E-state index contributed by atoms with van der Waals surface area (Å²) >= 11 is 2.87. The highest BCUT2D eigenvalue weighted by Gasteiger charge is 2.27. The molecule has 174 valence electrons. The number of nitrogens with one attached hydrogen (secondary N) is 1. The fourth-order valence-electron chi connectivity index (χ4n) is 4.89. The first-order valence-electron chi connectivity index (χ1n) is 11.7. The zero-order chi connectivity index (χ0) is 22.7. The lowest BCUT2D eigenvalue weighted by atomic mass is 9.86. The van der Waals surface area contributed by atoms with Crippen LogP contribution in [0.3, 0.4) is 0 Å². The Labute approximate surface area is 197 Å². The standard InChI is InChI=1S/C23H33N5O2S2/c1-14-8-10-16-17(12-14)32-22(20(16)21(24)30)25-19(29)13-31-23-27-26-18(28(23)2)11-9-15-6-4-3-5-7-15/h14-15H,3-13H2,1-2H3,(H2,24,30)(H,25,29). The largest absolute Gasteiger partial charge is 0.365 e. The van der Waals surface area contributed by atoms with E-state index in [1.165, 1.54) is 60.1 Å². The fraction of sp³-hybridized carbons (Fsp3) is 0.652. The van der Waals surface area contributed by atoms with E-state index in [9.17, 15) is 9.59 Å². The van der Waals surface area contributed by atoms with E-state index in [1.54, 1.807) is 0 Å². The number of thioether (sulfide) groups is 1. The number of aryl methyl sites for hydroxylation is 1. The summed E-state index contributed by atoms with van der Waals surface area (Å²) in [6, 6.07) is 0. The maximum Gasteiger partial charge on any atom is 0.251 e. The van der Waals surface area contributed by atoms with Gasteiger partial charge in [-0.1, -0.05) is 50.8 Å². The van der Waals surface area contributed by atoms with Crippen molar-refractivity contribution in [1.29, 1.82) is 0 Å². The molecule has 0 saturated heterocycles. The van der Waals surface area contributed by atoms with Gasteiger partial charge in [-0.25, -0.2) is 0 Å². The van der Waals surface area contributed by atoms with Gasteiger partial charge in [0.25, 0.3) is 5.91 Å². The Morgan fingerprint density at radius 2 is 2.00 bits per heavy atom. The molecule has 1 unspecified atom stereocenters. The van der Waals surface area contributed by atoms with Crippen LogP contribution in [0, 0.1) is 11.8 Å². The monoisotopic (exact) mass is 475 g/mol. The van der Waals surface area contributed by atoms with Gasteiger partial charge in [0.05, 0.1) is 11.3 Å². The molecule has 2 aromatic heterocycles. The molecular formula is C23H33N5O2S2. The van der Waals surface area contributed by atoms with Crippen molar-refractivity contribution in [2.45, 2.75) is 76.3 Å². The van der Waals surface area contributed by atoms with Crippen molar-refractivity contribution in [3.8, 4) is 0 Å². The number of anilines is 1. The number of amides is 2. The molecule has 1 saturated carbocycles. The van der Waals surface area contributed by atoms with E-state index in [2.05, 4.69) is 22.4 Å². The first-order valence-corrected chi connectivity index (χ1v) is 13.5. The first kappa shape index (κ1) is 23.3. The van der Waals surface area contributed by atoms with Crippen LogP contribution in [0.25, 0.3) is 0 Å². The Morgan fingerprint density at radius 3 is 2.75 bits per heavy atom. The number of nitrogens with zero attached hydrogens (tertiary/aromatic N) is 3. The number of nitrogens with two attached hydrogens (primary N) is 1. The van der Waals surface area contributed by atoms with Crippen LogP contribution in [0.1, 0.15) is 78.5 Å². The first-order chi connectivity index (χ1) is 15.4. The van der Waals surface area contributed by atoms with Crippen LogP contribution in [0.5, 0.6) is 0 Å². The summed E-state index contributed by atoms with van der Waals surface area (Å²) in [5.41, 5.74) is 7.18. The Hall–Kier alpha value is -1.87. The molecule has 2 aromatic rings. The summed E-state index contributed by atoms with van der Waals surface area (Å²) in [6.07, 6.45) is 11.7. The number of hydrogen-bond acceptors (Lipinski definition) is 6. The topological polar surface area (TPSA) is 103 Å². The van der Waals surface area contributed by atoms with Crippen LogP contribution in [0.2, 0.25) is 0 Å². The van der Waals surface area contributed by atoms with Crippen molar-refractivity contribution in [2.75, 3.05) is 11.1 Å². The van der Waals surface area contributed by atoms with E-state index >= 15 is 0 Å². The van der Waals surface area contributed by atoms with E-state index in [4.69, 9.17) is 5.73 Å².